The van der Waals surface area contributed by atoms with Gasteiger partial charge in [0.05, 0.1) is 17.5 Å². The first-order valence-corrected chi connectivity index (χ1v) is 9.13. The molecule has 7 nitrogen and oxygen atoms in total. The van der Waals surface area contributed by atoms with E-state index in [1.165, 1.54) is 18.3 Å². The lowest BCUT2D eigenvalue weighted by atomic mass is 10.1. The van der Waals surface area contributed by atoms with E-state index < -0.39 is 5.91 Å². The summed E-state index contributed by atoms with van der Waals surface area (Å²) in [5, 5.41) is 3.44. The number of carbonyl (C=O) groups excluding carboxylic acids is 1. The molecule has 29 heavy (non-hydrogen) atoms. The molecule has 4 aromatic rings. The van der Waals surface area contributed by atoms with Crippen LogP contribution >= 0.6 is 11.6 Å². The Morgan fingerprint density at radius 3 is 2.69 bits per heavy atom. The summed E-state index contributed by atoms with van der Waals surface area (Å²) in [6, 6.07) is 9.12. The molecule has 1 aromatic carbocycles. The molecule has 4 rings (SSSR count). The second kappa shape index (κ2) is 7.48. The fourth-order valence-electron chi connectivity index (χ4n) is 3.02. The molecule has 0 bridgehead atoms. The molecule has 0 radical (unpaired) electrons. The third-order valence-corrected chi connectivity index (χ3v) is 4.69. The zero-order chi connectivity index (χ0) is 20.5. The lowest BCUT2D eigenvalue weighted by molar-refractivity contribution is 0.100. The van der Waals surface area contributed by atoms with Gasteiger partial charge in [-0.2, -0.15) is 0 Å². The standard InChI is InChI=1S/C20H16ClFN6O/c1-10(11-2-4-12(22)5-3-11)26-19-13(18(23)29)6-7-15(27-19)14-8-24-20-17(14)28-16(21)9-25-20/h2-10H,1H3,(H2,23,29)(H,24,25)(H,26,27)/t10-/m0/s1. The average molecular weight is 411 g/mol. The van der Waals surface area contributed by atoms with Gasteiger partial charge in [0.15, 0.2) is 5.65 Å². The Hall–Kier alpha value is -3.52. The molecule has 0 fully saturated rings. The zero-order valence-electron chi connectivity index (χ0n) is 15.3. The maximum atomic E-state index is 13.2. The predicted molar refractivity (Wildman–Crippen MR) is 109 cm³/mol. The molecule has 1 amide bonds. The maximum Gasteiger partial charge on any atom is 0.252 e. The van der Waals surface area contributed by atoms with E-state index in [0.29, 0.717) is 28.2 Å². The van der Waals surface area contributed by atoms with E-state index >= 15 is 0 Å². The number of benzene rings is 1. The summed E-state index contributed by atoms with van der Waals surface area (Å²) >= 11 is 5.97. The van der Waals surface area contributed by atoms with Crippen molar-refractivity contribution >= 4 is 34.5 Å². The van der Waals surface area contributed by atoms with Gasteiger partial charge in [-0.1, -0.05) is 23.7 Å². The Labute approximate surface area is 170 Å². The number of primary amides is 1. The van der Waals surface area contributed by atoms with Gasteiger partial charge in [-0.3, -0.25) is 4.79 Å². The van der Waals surface area contributed by atoms with Crippen molar-refractivity contribution < 1.29 is 9.18 Å². The number of aromatic amines is 1. The van der Waals surface area contributed by atoms with Crippen molar-refractivity contribution in [2.24, 2.45) is 5.73 Å². The first kappa shape index (κ1) is 18.8. The summed E-state index contributed by atoms with van der Waals surface area (Å²) in [5.74, 6) is -0.617. The fourth-order valence-corrected chi connectivity index (χ4v) is 3.16. The van der Waals surface area contributed by atoms with E-state index in [0.717, 1.165) is 5.56 Å². The Morgan fingerprint density at radius 1 is 1.21 bits per heavy atom. The number of halogens is 2. The number of amides is 1. The van der Waals surface area contributed by atoms with Gasteiger partial charge in [-0.05, 0) is 36.8 Å². The van der Waals surface area contributed by atoms with Gasteiger partial charge in [-0.15, -0.1) is 0 Å². The Bertz CT molecular complexity index is 1210. The molecule has 0 spiro atoms. The number of fused-ring (bicyclic) bond motifs is 1. The third kappa shape index (κ3) is 3.74. The lowest BCUT2D eigenvalue weighted by Crippen LogP contribution is -2.17. The van der Waals surface area contributed by atoms with Gasteiger partial charge in [0.25, 0.3) is 5.91 Å². The molecule has 3 heterocycles. The largest absolute Gasteiger partial charge is 0.365 e. The summed E-state index contributed by atoms with van der Waals surface area (Å²) in [5.41, 5.74) is 8.97. The van der Waals surface area contributed by atoms with E-state index in [9.17, 15) is 9.18 Å². The van der Waals surface area contributed by atoms with Crippen molar-refractivity contribution in [3.05, 3.63) is 70.9 Å². The van der Waals surface area contributed by atoms with Crippen molar-refractivity contribution in [1.82, 2.24) is 19.9 Å². The molecule has 3 aromatic heterocycles. The molecule has 1 atom stereocenters. The highest BCUT2D eigenvalue weighted by molar-refractivity contribution is 6.29. The molecule has 0 aliphatic heterocycles. The van der Waals surface area contributed by atoms with Crippen LogP contribution in [0.3, 0.4) is 0 Å². The van der Waals surface area contributed by atoms with Crippen LogP contribution in [0.1, 0.15) is 28.9 Å². The molecule has 9 heteroatoms. The van der Waals surface area contributed by atoms with Crippen molar-refractivity contribution in [2.75, 3.05) is 5.32 Å². The van der Waals surface area contributed by atoms with Crippen LogP contribution in [0.5, 0.6) is 0 Å². The minimum atomic E-state index is -0.611. The molecule has 0 unspecified atom stereocenters. The van der Waals surface area contributed by atoms with E-state index in [1.54, 1.807) is 30.5 Å². The van der Waals surface area contributed by atoms with Crippen LogP contribution in [0, 0.1) is 5.82 Å². The second-order valence-electron chi connectivity index (χ2n) is 6.47. The van der Waals surface area contributed by atoms with Crippen LogP contribution in [0.25, 0.3) is 22.4 Å². The molecule has 0 saturated heterocycles. The summed E-state index contributed by atoms with van der Waals surface area (Å²) in [6.45, 7) is 1.88. The Kier molecular flexibility index (Phi) is 4.85. The lowest BCUT2D eigenvalue weighted by Gasteiger charge is -2.17. The van der Waals surface area contributed by atoms with Gasteiger partial charge < -0.3 is 16.0 Å². The Balaban J connectivity index is 1.75. The minimum Gasteiger partial charge on any atom is -0.365 e. The van der Waals surface area contributed by atoms with Gasteiger partial charge in [0.1, 0.15) is 22.3 Å². The minimum absolute atomic E-state index is 0.242. The second-order valence-corrected chi connectivity index (χ2v) is 6.85. The van der Waals surface area contributed by atoms with E-state index in [4.69, 9.17) is 17.3 Å². The number of nitrogens with zero attached hydrogens (tertiary/aromatic N) is 3. The molecular formula is C20H16ClFN6O. The van der Waals surface area contributed by atoms with Crippen LogP contribution in [0.2, 0.25) is 5.15 Å². The quantitative estimate of drug-likeness (QED) is 0.459. The molecule has 146 valence electrons. The number of pyridine rings is 1. The van der Waals surface area contributed by atoms with Gasteiger partial charge in [0, 0.05) is 17.8 Å². The Morgan fingerprint density at radius 2 is 1.97 bits per heavy atom. The highest BCUT2D eigenvalue weighted by Gasteiger charge is 2.17. The van der Waals surface area contributed by atoms with Crippen LogP contribution < -0.4 is 11.1 Å². The number of anilines is 1. The van der Waals surface area contributed by atoms with Gasteiger partial charge in [0.2, 0.25) is 0 Å². The van der Waals surface area contributed by atoms with Crippen molar-refractivity contribution in [3.8, 4) is 11.3 Å². The fraction of sp³-hybridized carbons (Fsp3) is 0.100. The zero-order valence-corrected chi connectivity index (χ0v) is 16.0. The number of rotatable bonds is 5. The summed E-state index contributed by atoms with van der Waals surface area (Å²) in [7, 11) is 0. The molecule has 0 saturated carbocycles. The highest BCUT2D eigenvalue weighted by atomic mass is 35.5. The van der Waals surface area contributed by atoms with E-state index in [-0.39, 0.29) is 22.6 Å². The molecular weight excluding hydrogens is 395 g/mol. The first-order valence-electron chi connectivity index (χ1n) is 8.75. The topological polar surface area (TPSA) is 110 Å². The van der Waals surface area contributed by atoms with Crippen LogP contribution in [0.15, 0.2) is 48.8 Å². The number of nitrogens with two attached hydrogens (primary N) is 1. The van der Waals surface area contributed by atoms with E-state index in [2.05, 4.69) is 25.3 Å². The first-order chi connectivity index (χ1) is 13.9. The predicted octanol–water partition coefficient (Wildman–Crippen LogP) is 4.08. The van der Waals surface area contributed by atoms with Gasteiger partial charge in [-0.25, -0.2) is 19.3 Å². The SMILES string of the molecule is C[C@H](Nc1nc(-c2c[nH]c3ncc(Cl)nc23)ccc1C(N)=O)c1ccc(F)cc1. The number of H-pyrrole nitrogens is 1. The summed E-state index contributed by atoms with van der Waals surface area (Å²) < 4.78 is 13.2. The molecule has 4 N–H and O–H groups in total. The maximum absolute atomic E-state index is 13.2. The monoisotopic (exact) mass is 410 g/mol. The molecule has 0 aliphatic rings. The van der Waals surface area contributed by atoms with Crippen LogP contribution in [0.4, 0.5) is 10.2 Å². The van der Waals surface area contributed by atoms with Crippen molar-refractivity contribution in [1.29, 1.82) is 0 Å². The van der Waals surface area contributed by atoms with Crippen LogP contribution in [-0.2, 0) is 0 Å². The summed E-state index contributed by atoms with van der Waals surface area (Å²) in [4.78, 5) is 28.0. The van der Waals surface area contributed by atoms with Crippen molar-refractivity contribution in [2.45, 2.75) is 13.0 Å². The van der Waals surface area contributed by atoms with Crippen LogP contribution in [-0.4, -0.2) is 25.8 Å². The third-order valence-electron chi connectivity index (χ3n) is 4.51. The summed E-state index contributed by atoms with van der Waals surface area (Å²) in [6.07, 6.45) is 3.17. The normalized spacial score (nSPS) is 12.1. The number of nitrogens with one attached hydrogen (secondary N) is 2. The number of hydrogen-bond acceptors (Lipinski definition) is 5. The van der Waals surface area contributed by atoms with E-state index in [1.807, 2.05) is 6.92 Å². The number of carbonyl (C=O) groups is 1. The smallest absolute Gasteiger partial charge is 0.252 e. The number of aromatic nitrogens is 4. The molecule has 0 aliphatic carbocycles. The number of hydrogen-bond donors (Lipinski definition) is 3. The van der Waals surface area contributed by atoms with Gasteiger partial charge >= 0.3 is 0 Å². The van der Waals surface area contributed by atoms with Crippen molar-refractivity contribution in [3.63, 3.8) is 0 Å². The highest BCUT2D eigenvalue weighted by Crippen LogP contribution is 2.29. The average Bonchev–Trinajstić information content (AvgIpc) is 3.11.